The average Bonchev–Trinajstić information content (AvgIpc) is 3.15. The maximum absolute atomic E-state index is 12.5. The molecule has 0 radical (unpaired) electrons. The Balaban J connectivity index is 1.57. The standard InChI is InChI=1S/C16H17NO5/c1-8-5-9-3-2-4-10(13(9)22-8)16(19)17-11-6-20-15-12(18)7-21-14(11)15/h2-5,11-12,14-15,18H,6-7H2,1H3,(H,17,19)/t11-,12+,14+,15+/m0/s1. The Morgan fingerprint density at radius 3 is 2.95 bits per heavy atom. The molecular formula is C16H17NO5. The summed E-state index contributed by atoms with van der Waals surface area (Å²) in [5.41, 5.74) is 1.08. The van der Waals surface area contributed by atoms with Gasteiger partial charge >= 0.3 is 0 Å². The molecule has 1 aromatic carbocycles. The third kappa shape index (κ3) is 2.11. The molecule has 1 amide bonds. The van der Waals surface area contributed by atoms with Gasteiger partial charge in [0.05, 0.1) is 24.8 Å². The molecule has 0 bridgehead atoms. The number of aryl methyl sites for hydroxylation is 1. The van der Waals surface area contributed by atoms with Crippen LogP contribution in [0.15, 0.2) is 28.7 Å². The smallest absolute Gasteiger partial charge is 0.255 e. The zero-order valence-electron chi connectivity index (χ0n) is 12.1. The zero-order valence-corrected chi connectivity index (χ0v) is 12.1. The number of aliphatic hydroxyl groups excluding tert-OH is 1. The van der Waals surface area contributed by atoms with Crippen LogP contribution in [0.1, 0.15) is 16.1 Å². The number of fused-ring (bicyclic) bond motifs is 2. The van der Waals surface area contributed by atoms with E-state index in [1.807, 2.05) is 25.1 Å². The largest absolute Gasteiger partial charge is 0.461 e. The highest BCUT2D eigenvalue weighted by Gasteiger charge is 2.47. The highest BCUT2D eigenvalue weighted by molar-refractivity contribution is 6.05. The molecule has 2 saturated heterocycles. The van der Waals surface area contributed by atoms with Gasteiger partial charge in [0.15, 0.2) is 0 Å². The fourth-order valence-corrected chi connectivity index (χ4v) is 3.22. The summed E-state index contributed by atoms with van der Waals surface area (Å²) in [6.45, 7) is 2.44. The monoisotopic (exact) mass is 303 g/mol. The van der Waals surface area contributed by atoms with Gasteiger partial charge in [-0.15, -0.1) is 0 Å². The van der Waals surface area contributed by atoms with Crippen molar-refractivity contribution in [2.45, 2.75) is 31.3 Å². The lowest BCUT2D eigenvalue weighted by Gasteiger charge is -2.17. The SMILES string of the molecule is Cc1cc2cccc(C(=O)N[C@H]3CO[C@H]4[C@@H]3OC[C@H]4O)c2o1. The Morgan fingerprint density at radius 1 is 1.27 bits per heavy atom. The normalized spacial score (nSPS) is 30.6. The van der Waals surface area contributed by atoms with Gasteiger partial charge in [-0.25, -0.2) is 0 Å². The van der Waals surface area contributed by atoms with Crippen LogP contribution in [-0.4, -0.2) is 48.6 Å². The number of benzene rings is 1. The molecule has 2 fully saturated rings. The summed E-state index contributed by atoms with van der Waals surface area (Å²) in [6, 6.07) is 7.11. The van der Waals surface area contributed by atoms with E-state index in [1.54, 1.807) is 6.07 Å². The molecule has 0 unspecified atom stereocenters. The highest BCUT2D eigenvalue weighted by atomic mass is 16.6. The number of para-hydroxylation sites is 1. The van der Waals surface area contributed by atoms with Gasteiger partial charge in [-0.05, 0) is 19.1 Å². The predicted octanol–water partition coefficient (Wildman–Crippen LogP) is 0.998. The number of amides is 1. The van der Waals surface area contributed by atoms with E-state index >= 15 is 0 Å². The molecule has 4 atom stereocenters. The van der Waals surface area contributed by atoms with Gasteiger partial charge in [0.1, 0.15) is 29.7 Å². The topological polar surface area (TPSA) is 80.9 Å². The summed E-state index contributed by atoms with van der Waals surface area (Å²) in [5.74, 6) is 0.543. The lowest BCUT2D eigenvalue weighted by atomic mass is 10.1. The summed E-state index contributed by atoms with van der Waals surface area (Å²) in [4.78, 5) is 12.5. The molecule has 4 rings (SSSR count). The second-order valence-corrected chi connectivity index (χ2v) is 5.82. The summed E-state index contributed by atoms with van der Waals surface area (Å²) < 4.78 is 16.7. The fourth-order valence-electron chi connectivity index (χ4n) is 3.22. The van der Waals surface area contributed by atoms with Gasteiger partial charge in [0.2, 0.25) is 0 Å². The van der Waals surface area contributed by atoms with Crippen LogP contribution in [0, 0.1) is 6.92 Å². The lowest BCUT2D eigenvalue weighted by Crippen LogP contribution is -2.44. The molecule has 1 aromatic heterocycles. The Morgan fingerprint density at radius 2 is 2.09 bits per heavy atom. The first-order valence-corrected chi connectivity index (χ1v) is 7.35. The molecule has 2 aromatic rings. The van der Waals surface area contributed by atoms with Crippen molar-refractivity contribution in [3.05, 3.63) is 35.6 Å². The van der Waals surface area contributed by atoms with Crippen LogP contribution in [0.5, 0.6) is 0 Å². The Bertz CT molecular complexity index is 724. The third-order valence-electron chi connectivity index (χ3n) is 4.26. The van der Waals surface area contributed by atoms with Crippen molar-refractivity contribution in [2.24, 2.45) is 0 Å². The van der Waals surface area contributed by atoms with Crippen LogP contribution in [0.4, 0.5) is 0 Å². The molecule has 0 saturated carbocycles. The minimum Gasteiger partial charge on any atom is -0.461 e. The van der Waals surface area contributed by atoms with E-state index in [-0.39, 0.29) is 30.8 Å². The van der Waals surface area contributed by atoms with Gasteiger partial charge in [-0.1, -0.05) is 12.1 Å². The Kier molecular flexibility index (Phi) is 3.18. The first-order valence-electron chi connectivity index (χ1n) is 7.35. The number of carbonyl (C=O) groups is 1. The number of carbonyl (C=O) groups excluding carboxylic acids is 1. The second kappa shape index (κ2) is 5.08. The van der Waals surface area contributed by atoms with Crippen LogP contribution in [0.2, 0.25) is 0 Å². The molecule has 3 heterocycles. The van der Waals surface area contributed by atoms with Crippen LogP contribution in [-0.2, 0) is 9.47 Å². The molecular weight excluding hydrogens is 286 g/mol. The van der Waals surface area contributed by atoms with E-state index in [2.05, 4.69) is 5.32 Å². The van der Waals surface area contributed by atoms with Gasteiger partial charge in [0.25, 0.3) is 5.91 Å². The van der Waals surface area contributed by atoms with Gasteiger partial charge in [-0.3, -0.25) is 4.79 Å². The van der Waals surface area contributed by atoms with E-state index in [9.17, 15) is 9.90 Å². The lowest BCUT2D eigenvalue weighted by molar-refractivity contribution is 0.0178. The van der Waals surface area contributed by atoms with E-state index < -0.39 is 6.10 Å². The predicted molar refractivity (Wildman–Crippen MR) is 77.7 cm³/mol. The molecule has 2 N–H and O–H groups in total. The molecule has 116 valence electrons. The van der Waals surface area contributed by atoms with Crippen molar-refractivity contribution < 1.29 is 23.8 Å². The summed E-state index contributed by atoms with van der Waals surface area (Å²) in [5, 5.41) is 13.6. The van der Waals surface area contributed by atoms with Crippen LogP contribution < -0.4 is 5.32 Å². The number of nitrogens with one attached hydrogen (secondary N) is 1. The highest BCUT2D eigenvalue weighted by Crippen LogP contribution is 2.28. The van der Waals surface area contributed by atoms with E-state index in [4.69, 9.17) is 13.9 Å². The van der Waals surface area contributed by atoms with Gasteiger partial charge < -0.3 is 24.3 Å². The van der Waals surface area contributed by atoms with Crippen molar-refractivity contribution >= 4 is 16.9 Å². The summed E-state index contributed by atoms with van der Waals surface area (Å²) >= 11 is 0. The number of aliphatic hydroxyl groups is 1. The number of rotatable bonds is 2. The molecule has 2 aliphatic rings. The minimum atomic E-state index is -0.622. The van der Waals surface area contributed by atoms with Crippen LogP contribution >= 0.6 is 0 Å². The molecule has 6 heteroatoms. The first-order chi connectivity index (χ1) is 10.6. The number of hydrogen-bond donors (Lipinski definition) is 2. The fraction of sp³-hybridized carbons (Fsp3) is 0.438. The molecule has 22 heavy (non-hydrogen) atoms. The maximum Gasteiger partial charge on any atom is 0.255 e. The molecule has 2 aliphatic heterocycles. The number of ether oxygens (including phenoxy) is 2. The van der Waals surface area contributed by atoms with Crippen LogP contribution in [0.3, 0.4) is 0 Å². The Labute approximate surface area is 127 Å². The summed E-state index contributed by atoms with van der Waals surface area (Å²) in [7, 11) is 0. The van der Waals surface area contributed by atoms with Crippen LogP contribution in [0.25, 0.3) is 11.0 Å². The number of furan rings is 1. The van der Waals surface area contributed by atoms with E-state index in [0.717, 1.165) is 11.1 Å². The Hall–Kier alpha value is -1.89. The van der Waals surface area contributed by atoms with Gasteiger partial charge in [0, 0.05) is 5.39 Å². The molecule has 0 aliphatic carbocycles. The molecule has 0 spiro atoms. The van der Waals surface area contributed by atoms with E-state index in [1.165, 1.54) is 0 Å². The quantitative estimate of drug-likeness (QED) is 0.865. The van der Waals surface area contributed by atoms with E-state index in [0.29, 0.717) is 17.8 Å². The van der Waals surface area contributed by atoms with Crippen molar-refractivity contribution in [3.8, 4) is 0 Å². The minimum absolute atomic E-state index is 0.223. The van der Waals surface area contributed by atoms with Gasteiger partial charge in [-0.2, -0.15) is 0 Å². The van der Waals surface area contributed by atoms with Crippen molar-refractivity contribution in [3.63, 3.8) is 0 Å². The molecule has 6 nitrogen and oxygen atoms in total. The van der Waals surface area contributed by atoms with Crippen molar-refractivity contribution in [1.29, 1.82) is 0 Å². The summed E-state index contributed by atoms with van der Waals surface area (Å²) in [6.07, 6.45) is -1.27. The van der Waals surface area contributed by atoms with Crippen molar-refractivity contribution in [2.75, 3.05) is 13.2 Å². The third-order valence-corrected chi connectivity index (χ3v) is 4.26. The average molecular weight is 303 g/mol. The maximum atomic E-state index is 12.5. The first kappa shape index (κ1) is 13.8. The van der Waals surface area contributed by atoms with Crippen molar-refractivity contribution in [1.82, 2.24) is 5.32 Å². The zero-order chi connectivity index (χ0) is 15.3. The number of hydrogen-bond acceptors (Lipinski definition) is 5. The second-order valence-electron chi connectivity index (χ2n) is 5.82.